The van der Waals surface area contributed by atoms with E-state index in [1.54, 1.807) is 19.4 Å². The fraction of sp³-hybridized carbons (Fsp3) is 0.125. The lowest BCUT2D eigenvalue weighted by Gasteiger charge is -2.12. The average molecular weight is 361 g/mol. The van der Waals surface area contributed by atoms with Gasteiger partial charge in [-0.2, -0.15) is 0 Å². The van der Waals surface area contributed by atoms with E-state index in [1.807, 2.05) is 0 Å². The van der Waals surface area contributed by atoms with Gasteiger partial charge in [0.15, 0.2) is 0 Å². The predicted octanol–water partition coefficient (Wildman–Crippen LogP) is 0.385. The van der Waals surface area contributed by atoms with Gasteiger partial charge in [-0.05, 0) is 49.1 Å². The molecule has 2 rings (SSSR count). The normalized spacial score (nSPS) is 11.0. The maximum Gasteiger partial charge on any atom is 0.489 e. The Morgan fingerprint density at radius 3 is 2.36 bits per heavy atom. The Labute approximate surface area is 144 Å². The molecule has 4 N–H and O–H groups in total. The molecule has 0 bridgehead atoms. The Morgan fingerprint density at radius 2 is 1.84 bits per heavy atom. The lowest BCUT2D eigenvalue weighted by atomic mass is 9.77. The summed E-state index contributed by atoms with van der Waals surface area (Å²) in [4.78, 5) is 23.3. The highest BCUT2D eigenvalue weighted by Gasteiger charge is 2.19. The number of hydrogen-bond acceptors (Lipinski definition) is 6. The van der Waals surface area contributed by atoms with Crippen LogP contribution in [-0.2, 0) is 4.57 Å². The molecule has 9 heteroatoms. The van der Waals surface area contributed by atoms with Gasteiger partial charge in [-0.3, -0.25) is 9.59 Å². The van der Waals surface area contributed by atoms with Crippen molar-refractivity contribution in [1.82, 2.24) is 0 Å². The Morgan fingerprint density at radius 1 is 1.16 bits per heavy atom. The highest BCUT2D eigenvalue weighted by molar-refractivity contribution is 7.70. The second-order valence-electron chi connectivity index (χ2n) is 5.84. The van der Waals surface area contributed by atoms with Gasteiger partial charge in [0.2, 0.25) is 0 Å². The largest absolute Gasteiger partial charge is 0.506 e. The number of amides is 1. The number of anilines is 1. The molecule has 0 heterocycles. The summed E-state index contributed by atoms with van der Waals surface area (Å²) < 4.78 is 12.0. The zero-order valence-corrected chi connectivity index (χ0v) is 14.5. The quantitative estimate of drug-likeness (QED) is 0.264. The van der Waals surface area contributed by atoms with E-state index < -0.39 is 20.2 Å². The Bertz CT molecular complexity index is 877. The zero-order chi connectivity index (χ0) is 18.8. The van der Waals surface area contributed by atoms with E-state index in [1.165, 1.54) is 30.3 Å². The first kappa shape index (κ1) is 18.9. The summed E-state index contributed by atoms with van der Waals surface area (Å²) in [6, 6.07) is 8.13. The van der Waals surface area contributed by atoms with E-state index in [-0.39, 0.29) is 28.0 Å². The molecule has 0 aliphatic carbocycles. The lowest BCUT2D eigenvalue weighted by molar-refractivity contribution is 0.102. The number of nitrogens with one attached hydrogen (secondary N) is 1. The minimum atomic E-state index is -2.54. The second-order valence-corrected chi connectivity index (χ2v) is 9.06. The summed E-state index contributed by atoms with van der Waals surface area (Å²) in [7, 11) is -4.37. The SMILES string of the molecule is CP(C)(=O)c1ccc(NC(=O)c2ccc(B(O)O)c(C=O)c2)c(O)c1. The Balaban J connectivity index is 2.28. The number of aromatic hydroxyl groups is 1. The molecule has 0 atom stereocenters. The van der Waals surface area contributed by atoms with Gasteiger partial charge in [-0.15, -0.1) is 0 Å². The third kappa shape index (κ3) is 4.36. The Kier molecular flexibility index (Phi) is 5.47. The molecule has 25 heavy (non-hydrogen) atoms. The highest BCUT2D eigenvalue weighted by atomic mass is 31.2. The molecule has 0 fully saturated rings. The van der Waals surface area contributed by atoms with E-state index in [9.17, 15) is 19.3 Å². The molecule has 1 amide bonds. The number of phenolic OH excluding ortho intramolecular Hbond substituents is 1. The van der Waals surface area contributed by atoms with E-state index in [2.05, 4.69) is 5.32 Å². The predicted molar refractivity (Wildman–Crippen MR) is 96.8 cm³/mol. The van der Waals surface area contributed by atoms with Crippen LogP contribution < -0.4 is 16.1 Å². The van der Waals surface area contributed by atoms with Crippen LogP contribution in [0, 0.1) is 0 Å². The highest BCUT2D eigenvalue weighted by Crippen LogP contribution is 2.37. The van der Waals surface area contributed by atoms with E-state index in [0.29, 0.717) is 11.6 Å². The van der Waals surface area contributed by atoms with Gasteiger partial charge >= 0.3 is 7.12 Å². The van der Waals surface area contributed by atoms with Gasteiger partial charge in [0.05, 0.1) is 5.69 Å². The molecule has 0 unspecified atom stereocenters. The minimum absolute atomic E-state index is 0.0135. The van der Waals surface area contributed by atoms with Crippen LogP contribution in [-0.4, -0.2) is 47.8 Å². The summed E-state index contributed by atoms with van der Waals surface area (Å²) in [5.74, 6) is -0.825. The summed E-state index contributed by atoms with van der Waals surface area (Å²) >= 11 is 0. The van der Waals surface area contributed by atoms with Crippen molar-refractivity contribution in [3.63, 3.8) is 0 Å². The molecule has 7 nitrogen and oxygen atoms in total. The van der Waals surface area contributed by atoms with Crippen molar-refractivity contribution < 1.29 is 29.3 Å². The number of carbonyl (C=O) groups is 2. The van der Waals surface area contributed by atoms with Crippen LogP contribution in [0.2, 0.25) is 0 Å². The smallest absolute Gasteiger partial charge is 0.489 e. The second kappa shape index (κ2) is 7.23. The van der Waals surface area contributed by atoms with Crippen LogP contribution in [0.5, 0.6) is 5.75 Å². The van der Waals surface area contributed by atoms with Gasteiger partial charge in [0.25, 0.3) is 5.91 Å². The monoisotopic (exact) mass is 361 g/mol. The van der Waals surface area contributed by atoms with Gasteiger partial charge < -0.3 is 25.0 Å². The number of rotatable bonds is 5. The third-order valence-corrected chi connectivity index (χ3v) is 5.13. The van der Waals surface area contributed by atoms with E-state index in [4.69, 9.17) is 10.0 Å². The number of carbonyl (C=O) groups excluding carboxylic acids is 2. The molecule has 0 aliphatic heterocycles. The summed E-state index contributed by atoms with van der Waals surface area (Å²) in [5, 5.41) is 31.3. The van der Waals surface area contributed by atoms with Crippen molar-refractivity contribution in [2.75, 3.05) is 18.6 Å². The first-order valence-electron chi connectivity index (χ1n) is 7.28. The van der Waals surface area contributed by atoms with Gasteiger partial charge in [0.1, 0.15) is 19.2 Å². The van der Waals surface area contributed by atoms with Gasteiger partial charge in [-0.25, -0.2) is 0 Å². The van der Waals surface area contributed by atoms with Crippen molar-refractivity contribution >= 4 is 42.9 Å². The third-order valence-electron chi connectivity index (χ3n) is 3.61. The lowest BCUT2D eigenvalue weighted by Crippen LogP contribution is -2.33. The fourth-order valence-electron chi connectivity index (χ4n) is 2.21. The Hall–Kier alpha value is -2.41. The number of benzene rings is 2. The van der Waals surface area contributed by atoms with Gasteiger partial charge in [-0.1, -0.05) is 6.07 Å². The van der Waals surface area contributed by atoms with Crippen molar-refractivity contribution in [2.45, 2.75) is 0 Å². The van der Waals surface area contributed by atoms with Crippen LogP contribution >= 0.6 is 7.14 Å². The summed E-state index contributed by atoms with van der Waals surface area (Å²) in [6.07, 6.45) is 0.415. The van der Waals surface area contributed by atoms with Crippen LogP contribution in [0.1, 0.15) is 20.7 Å². The van der Waals surface area contributed by atoms with Crippen LogP contribution in [0.3, 0.4) is 0 Å². The average Bonchev–Trinajstić information content (AvgIpc) is 2.54. The standard InChI is InChI=1S/C16H17BNO6P/c1-25(2,24)12-4-6-14(15(20)8-12)18-16(21)10-3-5-13(17(22)23)11(7-10)9-19/h3-9,20,22-23H,1-2H3,(H,18,21). The van der Waals surface area contributed by atoms with Crippen LogP contribution in [0.4, 0.5) is 5.69 Å². The molecule has 0 saturated carbocycles. The molecule has 0 aromatic heterocycles. The van der Waals surface area contributed by atoms with Gasteiger partial charge in [0, 0.05) is 16.4 Å². The van der Waals surface area contributed by atoms with Crippen molar-refractivity contribution in [2.24, 2.45) is 0 Å². The summed E-state index contributed by atoms with van der Waals surface area (Å²) in [6.45, 7) is 3.14. The molecule has 0 aliphatic rings. The van der Waals surface area contributed by atoms with Crippen LogP contribution in [0.15, 0.2) is 36.4 Å². The molecule has 2 aromatic rings. The first-order chi connectivity index (χ1) is 11.6. The van der Waals surface area contributed by atoms with Crippen molar-refractivity contribution in [1.29, 1.82) is 0 Å². The van der Waals surface area contributed by atoms with E-state index in [0.717, 1.165) is 0 Å². The van der Waals surface area contributed by atoms with Crippen molar-refractivity contribution in [3.05, 3.63) is 47.5 Å². The molecule has 130 valence electrons. The molecule has 2 aromatic carbocycles. The topological polar surface area (TPSA) is 124 Å². The van der Waals surface area contributed by atoms with E-state index >= 15 is 0 Å². The van der Waals surface area contributed by atoms with Crippen LogP contribution in [0.25, 0.3) is 0 Å². The fourth-order valence-corrected chi connectivity index (χ4v) is 3.08. The first-order valence-corrected chi connectivity index (χ1v) is 9.89. The minimum Gasteiger partial charge on any atom is -0.506 e. The molecular formula is C16H17BNO6P. The molecule has 0 saturated heterocycles. The maximum atomic E-state index is 12.3. The number of aldehydes is 1. The molecule has 0 spiro atoms. The number of hydrogen-bond donors (Lipinski definition) is 4. The molecule has 0 radical (unpaired) electrons. The summed E-state index contributed by atoms with van der Waals surface area (Å²) in [5.41, 5.74) is 0.188. The number of phenols is 1. The van der Waals surface area contributed by atoms with Crippen molar-refractivity contribution in [3.8, 4) is 5.75 Å². The molecular weight excluding hydrogens is 344 g/mol. The zero-order valence-electron chi connectivity index (χ0n) is 13.6. The maximum absolute atomic E-state index is 12.3.